The van der Waals surface area contributed by atoms with Crippen molar-refractivity contribution < 1.29 is 69.4 Å². The number of hydrogen-bond donors (Lipinski definition) is 1. The quantitative estimate of drug-likeness (QED) is 0.145. The van der Waals surface area contributed by atoms with Crippen molar-refractivity contribution in [1.82, 2.24) is 0 Å². The summed E-state index contributed by atoms with van der Waals surface area (Å²) in [4.78, 5) is 51.4. The molecule has 16 heteroatoms. The molecule has 1 N–H and O–H groups in total. The zero-order chi connectivity index (χ0) is 33.1. The molecular formula is C30H38F2O13S. The van der Waals surface area contributed by atoms with Gasteiger partial charge in [-0.25, -0.2) is 9.59 Å². The van der Waals surface area contributed by atoms with Crippen molar-refractivity contribution in [3.05, 3.63) is 0 Å². The van der Waals surface area contributed by atoms with E-state index in [4.69, 9.17) is 28.2 Å². The van der Waals surface area contributed by atoms with E-state index in [1.807, 2.05) is 0 Å². The molecule has 256 valence electrons. The maximum absolute atomic E-state index is 14.0. The van der Waals surface area contributed by atoms with Gasteiger partial charge >= 0.3 is 39.2 Å². The Hall–Kier alpha value is -2.43. The molecule has 14 atom stereocenters. The zero-order valence-electron chi connectivity index (χ0n) is 25.5. The van der Waals surface area contributed by atoms with Gasteiger partial charge in [0.05, 0.1) is 0 Å². The molecule has 4 aliphatic carbocycles. The molecule has 13 nitrogen and oxygen atoms in total. The van der Waals surface area contributed by atoms with Crippen molar-refractivity contribution in [1.29, 1.82) is 0 Å². The van der Waals surface area contributed by atoms with Crippen LogP contribution in [0.2, 0.25) is 0 Å². The van der Waals surface area contributed by atoms with Crippen molar-refractivity contribution in [3.8, 4) is 0 Å². The van der Waals surface area contributed by atoms with Crippen LogP contribution >= 0.6 is 0 Å². The highest BCUT2D eigenvalue weighted by molar-refractivity contribution is 7.86. The summed E-state index contributed by atoms with van der Waals surface area (Å²) < 4.78 is 90.1. The third-order valence-corrected chi connectivity index (χ3v) is 13.1. The summed E-state index contributed by atoms with van der Waals surface area (Å²) in [7, 11) is -5.85. The predicted molar refractivity (Wildman–Crippen MR) is 146 cm³/mol. The van der Waals surface area contributed by atoms with Crippen LogP contribution < -0.4 is 0 Å². The van der Waals surface area contributed by atoms with Gasteiger partial charge in [-0.15, -0.1) is 0 Å². The van der Waals surface area contributed by atoms with E-state index in [0.29, 0.717) is 30.6 Å². The van der Waals surface area contributed by atoms with Crippen LogP contribution in [0, 0.1) is 53.3 Å². The number of carbonyl (C=O) groups is 4. The van der Waals surface area contributed by atoms with Crippen molar-refractivity contribution in [2.45, 2.75) is 94.3 Å². The first-order valence-corrected chi connectivity index (χ1v) is 17.4. The fraction of sp³-hybridized carbons (Fsp3) is 0.867. The van der Waals surface area contributed by atoms with Crippen molar-refractivity contribution in [2.75, 3.05) is 13.2 Å². The number of fused-ring (bicyclic) bond motifs is 10. The molecule has 6 bridgehead atoms. The second-order valence-corrected chi connectivity index (χ2v) is 16.0. The average molecular weight is 677 g/mol. The predicted octanol–water partition coefficient (Wildman–Crippen LogP) is 1.91. The molecule has 0 spiro atoms. The summed E-state index contributed by atoms with van der Waals surface area (Å²) in [6, 6.07) is 0. The smallest absolute Gasteiger partial charge is 0.405 e. The van der Waals surface area contributed by atoms with Gasteiger partial charge in [0.25, 0.3) is 0 Å². The summed E-state index contributed by atoms with van der Waals surface area (Å²) >= 11 is 0. The number of rotatable bonds is 11. The van der Waals surface area contributed by atoms with Crippen molar-refractivity contribution in [2.24, 2.45) is 53.3 Å². The molecule has 7 rings (SSSR count). The largest absolute Gasteiger partial charge is 0.458 e. The lowest BCUT2D eigenvalue weighted by Crippen LogP contribution is -2.54. The Morgan fingerprint density at radius 2 is 1.67 bits per heavy atom. The Morgan fingerprint density at radius 3 is 2.35 bits per heavy atom. The molecule has 0 radical (unpaired) electrons. The monoisotopic (exact) mass is 676 g/mol. The zero-order valence-corrected chi connectivity index (χ0v) is 26.4. The fourth-order valence-corrected chi connectivity index (χ4v) is 10.9. The van der Waals surface area contributed by atoms with Crippen LogP contribution in [0.25, 0.3) is 0 Å². The number of carbonyl (C=O) groups excluding carboxylic acids is 4. The van der Waals surface area contributed by atoms with Crippen LogP contribution in [-0.4, -0.2) is 91.4 Å². The number of halogens is 2. The minimum atomic E-state index is -5.85. The lowest BCUT2D eigenvalue weighted by atomic mass is 9.63. The first-order valence-electron chi connectivity index (χ1n) is 16.0. The van der Waals surface area contributed by atoms with Gasteiger partial charge in [-0.2, -0.15) is 17.2 Å². The molecule has 3 saturated heterocycles. The van der Waals surface area contributed by atoms with Crippen LogP contribution in [0.4, 0.5) is 8.78 Å². The van der Waals surface area contributed by atoms with Crippen molar-refractivity contribution in [3.63, 3.8) is 0 Å². The fourth-order valence-electron chi connectivity index (χ4n) is 10.4. The molecule has 46 heavy (non-hydrogen) atoms. The van der Waals surface area contributed by atoms with Crippen LogP contribution in [-0.2, 0) is 57.7 Å². The topological polar surface area (TPSA) is 178 Å². The third-order valence-electron chi connectivity index (χ3n) is 12.1. The molecule has 0 aromatic rings. The third kappa shape index (κ3) is 4.63. The average Bonchev–Trinajstić information content (AvgIpc) is 3.80. The molecule has 3 aliphatic heterocycles. The maximum Gasteiger partial charge on any atom is 0.405 e. The van der Waals surface area contributed by atoms with E-state index in [2.05, 4.69) is 18.6 Å². The number of alkyl halides is 2. The Morgan fingerprint density at radius 1 is 1.00 bits per heavy atom. The molecule has 14 unspecified atom stereocenters. The van der Waals surface area contributed by atoms with Crippen LogP contribution in [0.5, 0.6) is 0 Å². The molecular weight excluding hydrogens is 638 g/mol. The van der Waals surface area contributed by atoms with Crippen LogP contribution in [0.1, 0.15) is 52.9 Å². The first kappa shape index (κ1) is 32.1. The lowest BCUT2D eigenvalue weighted by molar-refractivity contribution is -0.191. The lowest BCUT2D eigenvalue weighted by Gasteiger charge is -2.48. The number of esters is 4. The summed E-state index contributed by atoms with van der Waals surface area (Å²) in [6.07, 6.45) is -0.807. The van der Waals surface area contributed by atoms with Gasteiger partial charge in [0, 0.05) is 5.92 Å². The summed E-state index contributed by atoms with van der Waals surface area (Å²) in [5.74, 6) is -2.01. The van der Waals surface area contributed by atoms with Gasteiger partial charge in [0.2, 0.25) is 0 Å². The Balaban J connectivity index is 0.979. The minimum absolute atomic E-state index is 0.0639. The standard InChI is InChI=1S/C30H38F2O13S/c1-11(2)29(8-15-7-16(29)20-14-5-4-13(6-14)19(15)20)45-28(36)22-21-23-26(44-27(21)35)25(24(22)43-23)42-18(34)10-40-9-17(33)41-12(3)30(31,32)46(37,38)39/h11-16,19-26H,4-10H2,1-3H3,(H,37,38,39). The molecule has 7 fully saturated rings. The number of hydrogen-bond acceptors (Lipinski definition) is 12. The van der Waals surface area contributed by atoms with Gasteiger partial charge in [0.15, 0.2) is 18.3 Å². The second-order valence-electron chi connectivity index (χ2n) is 14.5. The van der Waals surface area contributed by atoms with Gasteiger partial charge in [0.1, 0.15) is 42.9 Å². The highest BCUT2D eigenvalue weighted by Gasteiger charge is 2.74. The van der Waals surface area contributed by atoms with E-state index in [1.54, 1.807) is 0 Å². The van der Waals surface area contributed by atoms with E-state index >= 15 is 0 Å². The summed E-state index contributed by atoms with van der Waals surface area (Å²) in [6.45, 7) is 2.84. The Labute approximate surface area is 264 Å². The van der Waals surface area contributed by atoms with Gasteiger partial charge in [-0.1, -0.05) is 13.8 Å². The van der Waals surface area contributed by atoms with E-state index in [0.717, 1.165) is 18.8 Å². The number of ether oxygens (including phenoxy) is 6. The highest BCUT2D eigenvalue weighted by atomic mass is 32.2. The Bertz CT molecular complexity index is 1440. The summed E-state index contributed by atoms with van der Waals surface area (Å²) in [5, 5.41) is -4.76. The second kappa shape index (κ2) is 10.8. The molecule has 4 saturated carbocycles. The van der Waals surface area contributed by atoms with Crippen LogP contribution in [0.15, 0.2) is 0 Å². The van der Waals surface area contributed by atoms with Crippen LogP contribution in [0.3, 0.4) is 0 Å². The minimum Gasteiger partial charge on any atom is -0.458 e. The summed E-state index contributed by atoms with van der Waals surface area (Å²) in [5.41, 5.74) is -0.644. The SMILES string of the molecule is CC(C)C1(OC(=O)C2C3OC4C(OC(=O)C42)C3OC(=O)COCC(=O)OC(C)C(F)(F)S(=O)(=O)O)CC2CC1C1C3CCC(C3)C21. The normalized spacial score (nSPS) is 43.6. The maximum atomic E-state index is 14.0. The molecule has 0 aromatic heterocycles. The molecule has 3 heterocycles. The molecule has 7 aliphatic rings. The molecule has 0 amide bonds. The van der Waals surface area contributed by atoms with E-state index in [9.17, 15) is 36.4 Å². The van der Waals surface area contributed by atoms with E-state index in [-0.39, 0.29) is 11.8 Å². The van der Waals surface area contributed by atoms with Gasteiger partial charge in [-0.3, -0.25) is 14.1 Å². The van der Waals surface area contributed by atoms with E-state index in [1.165, 1.54) is 19.3 Å². The van der Waals surface area contributed by atoms with E-state index < -0.39 is 100 Å². The first-order chi connectivity index (χ1) is 21.5. The van der Waals surface area contributed by atoms with Crippen molar-refractivity contribution >= 4 is 34.0 Å². The van der Waals surface area contributed by atoms with Gasteiger partial charge in [-0.05, 0) is 74.5 Å². The highest BCUT2D eigenvalue weighted by Crippen LogP contribution is 2.71. The molecule has 0 aromatic carbocycles. The van der Waals surface area contributed by atoms with Gasteiger partial charge < -0.3 is 28.4 Å². The Kier molecular flexibility index (Phi) is 7.54.